The minimum atomic E-state index is -4.56. The minimum absolute atomic E-state index is 0.112. The number of Topliss-reactive ketones (excluding diaryl/α,β-unsaturated/α-hetero) is 1. The van der Waals surface area contributed by atoms with Gasteiger partial charge in [-0.05, 0) is 51.0 Å². The molecule has 2 aromatic rings. The van der Waals surface area contributed by atoms with Crippen molar-refractivity contribution in [3.8, 4) is 0 Å². The van der Waals surface area contributed by atoms with E-state index >= 15 is 0 Å². The van der Waals surface area contributed by atoms with Gasteiger partial charge in [-0.15, -0.1) is 0 Å². The Balaban J connectivity index is 1.66. The summed E-state index contributed by atoms with van der Waals surface area (Å²) in [4.78, 5) is 24.6. The van der Waals surface area contributed by atoms with E-state index in [9.17, 15) is 22.8 Å². The van der Waals surface area contributed by atoms with Crippen LogP contribution in [0.15, 0.2) is 30.3 Å². The normalized spacial score (nSPS) is 16.8. The fourth-order valence-corrected chi connectivity index (χ4v) is 3.47. The molecule has 5 nitrogen and oxygen atoms in total. The van der Waals surface area contributed by atoms with Crippen molar-refractivity contribution in [1.82, 2.24) is 4.57 Å². The summed E-state index contributed by atoms with van der Waals surface area (Å²) in [6.07, 6.45) is -2.47. The van der Waals surface area contributed by atoms with Crippen molar-refractivity contribution in [3.05, 3.63) is 58.4 Å². The molecular formula is C21H22F3NO4. The average Bonchev–Trinajstić information content (AvgIpc) is 3.29. The molecule has 0 radical (unpaired) electrons. The number of ether oxygens (including phenoxy) is 2. The summed E-state index contributed by atoms with van der Waals surface area (Å²) in [7, 11) is 0. The highest BCUT2D eigenvalue weighted by Gasteiger charge is 2.31. The number of carbonyl (C=O) groups is 2. The molecular weight excluding hydrogens is 387 g/mol. The second kappa shape index (κ2) is 8.41. The molecule has 0 N–H and O–H groups in total. The lowest BCUT2D eigenvalue weighted by atomic mass is 10.1. The van der Waals surface area contributed by atoms with Gasteiger partial charge in [0.15, 0.2) is 6.61 Å². The predicted molar refractivity (Wildman–Crippen MR) is 98.9 cm³/mol. The Bertz CT molecular complexity index is 911. The van der Waals surface area contributed by atoms with Crippen LogP contribution in [0, 0.1) is 13.8 Å². The molecule has 0 saturated carbocycles. The van der Waals surface area contributed by atoms with Crippen molar-refractivity contribution in [2.24, 2.45) is 0 Å². The van der Waals surface area contributed by atoms with Crippen LogP contribution in [0.3, 0.4) is 0 Å². The summed E-state index contributed by atoms with van der Waals surface area (Å²) in [6.45, 7) is 4.53. The number of alkyl halides is 3. The monoisotopic (exact) mass is 409 g/mol. The number of nitrogens with zero attached hydrogens (tertiary/aromatic N) is 1. The Morgan fingerprint density at radius 1 is 1.24 bits per heavy atom. The molecule has 2 heterocycles. The van der Waals surface area contributed by atoms with Gasteiger partial charge in [0.1, 0.15) is 0 Å². The Morgan fingerprint density at radius 2 is 2.00 bits per heavy atom. The molecule has 0 amide bonds. The zero-order valence-corrected chi connectivity index (χ0v) is 16.2. The number of rotatable bonds is 6. The molecule has 1 aliphatic heterocycles. The van der Waals surface area contributed by atoms with Gasteiger partial charge in [-0.1, -0.05) is 6.07 Å². The third-order valence-corrected chi connectivity index (χ3v) is 5.04. The smallest absolute Gasteiger partial charge is 0.416 e. The van der Waals surface area contributed by atoms with E-state index in [4.69, 9.17) is 9.47 Å². The molecule has 156 valence electrons. The van der Waals surface area contributed by atoms with Crippen LogP contribution in [0.4, 0.5) is 13.2 Å². The third-order valence-electron chi connectivity index (χ3n) is 5.04. The average molecular weight is 409 g/mol. The van der Waals surface area contributed by atoms with E-state index in [0.717, 1.165) is 43.0 Å². The summed E-state index contributed by atoms with van der Waals surface area (Å²) in [5.41, 5.74) is 0.869. The Morgan fingerprint density at radius 3 is 2.66 bits per heavy atom. The molecule has 29 heavy (non-hydrogen) atoms. The summed E-state index contributed by atoms with van der Waals surface area (Å²) < 4.78 is 50.9. The lowest BCUT2D eigenvalue weighted by Crippen LogP contribution is -2.18. The van der Waals surface area contributed by atoms with Crippen LogP contribution >= 0.6 is 0 Å². The van der Waals surface area contributed by atoms with Crippen molar-refractivity contribution in [3.63, 3.8) is 0 Å². The maximum Gasteiger partial charge on any atom is 0.416 e. The Kier molecular flexibility index (Phi) is 6.12. The van der Waals surface area contributed by atoms with Crippen molar-refractivity contribution in [2.75, 3.05) is 13.2 Å². The van der Waals surface area contributed by atoms with Gasteiger partial charge in [-0.25, -0.2) is 4.79 Å². The topological polar surface area (TPSA) is 57.5 Å². The Labute approximate surface area is 166 Å². The van der Waals surface area contributed by atoms with E-state index in [1.807, 2.05) is 18.4 Å². The molecule has 0 bridgehead atoms. The highest BCUT2D eigenvalue weighted by Crippen LogP contribution is 2.29. The highest BCUT2D eigenvalue weighted by atomic mass is 19.4. The van der Waals surface area contributed by atoms with E-state index in [0.29, 0.717) is 18.2 Å². The largest absolute Gasteiger partial charge is 0.454 e. The standard InChI is InChI=1S/C21H22F3NO4/c1-13-9-18(14(2)25(13)11-17-7-4-8-28-17)19(26)12-29-20(27)15-5-3-6-16(10-15)21(22,23)24/h3,5-6,9-10,17H,4,7-8,11-12H2,1-2H3/t17-/m0/s1. The maximum absolute atomic E-state index is 12.8. The molecule has 1 aliphatic rings. The SMILES string of the molecule is Cc1cc(C(=O)COC(=O)c2cccc(C(F)(F)F)c2)c(C)n1C[C@@H]1CCCO1. The third kappa shape index (κ3) is 4.87. The quantitative estimate of drug-likeness (QED) is 0.526. The van der Waals surface area contributed by atoms with E-state index < -0.39 is 30.1 Å². The summed E-state index contributed by atoms with van der Waals surface area (Å²) in [5.74, 6) is -1.38. The number of aryl methyl sites for hydroxylation is 1. The molecule has 0 spiro atoms. The predicted octanol–water partition coefficient (Wildman–Crippen LogP) is 4.34. The van der Waals surface area contributed by atoms with Crippen LogP contribution in [-0.2, 0) is 22.2 Å². The first-order valence-corrected chi connectivity index (χ1v) is 9.32. The second-order valence-electron chi connectivity index (χ2n) is 7.11. The van der Waals surface area contributed by atoms with E-state index in [2.05, 4.69) is 0 Å². The first-order chi connectivity index (χ1) is 13.7. The molecule has 1 saturated heterocycles. The van der Waals surface area contributed by atoms with Crippen LogP contribution in [0.1, 0.15) is 50.5 Å². The zero-order valence-electron chi connectivity index (χ0n) is 16.2. The van der Waals surface area contributed by atoms with Crippen LogP contribution in [0.25, 0.3) is 0 Å². The molecule has 1 atom stereocenters. The van der Waals surface area contributed by atoms with Crippen LogP contribution < -0.4 is 0 Å². The number of halogens is 3. The molecule has 0 aliphatic carbocycles. The van der Waals surface area contributed by atoms with Gasteiger partial charge in [0.25, 0.3) is 0 Å². The first kappa shape index (κ1) is 21.1. The van der Waals surface area contributed by atoms with Gasteiger partial charge in [0.2, 0.25) is 5.78 Å². The summed E-state index contributed by atoms with van der Waals surface area (Å²) >= 11 is 0. The minimum Gasteiger partial charge on any atom is -0.454 e. The van der Waals surface area contributed by atoms with Crippen molar-refractivity contribution >= 4 is 11.8 Å². The van der Waals surface area contributed by atoms with Crippen LogP contribution in [-0.4, -0.2) is 35.6 Å². The number of aromatic nitrogens is 1. The van der Waals surface area contributed by atoms with Crippen molar-refractivity contribution < 1.29 is 32.2 Å². The fraction of sp³-hybridized carbons (Fsp3) is 0.429. The maximum atomic E-state index is 12.8. The van der Waals surface area contributed by atoms with Gasteiger partial charge in [0, 0.05) is 30.1 Å². The van der Waals surface area contributed by atoms with E-state index in [1.54, 1.807) is 6.07 Å². The molecule has 8 heteroatoms. The fourth-order valence-electron chi connectivity index (χ4n) is 3.47. The van der Waals surface area contributed by atoms with Crippen LogP contribution in [0.2, 0.25) is 0 Å². The van der Waals surface area contributed by atoms with Crippen molar-refractivity contribution in [1.29, 1.82) is 0 Å². The molecule has 3 rings (SSSR count). The summed E-state index contributed by atoms with van der Waals surface area (Å²) in [6, 6.07) is 5.64. The number of esters is 1. The van der Waals surface area contributed by atoms with Crippen molar-refractivity contribution in [2.45, 2.75) is 45.5 Å². The van der Waals surface area contributed by atoms with Gasteiger partial charge < -0.3 is 14.0 Å². The Hall–Kier alpha value is -2.61. The molecule has 1 aromatic carbocycles. The van der Waals surface area contributed by atoms with Gasteiger partial charge in [-0.2, -0.15) is 13.2 Å². The van der Waals surface area contributed by atoms with Gasteiger partial charge in [-0.3, -0.25) is 4.79 Å². The summed E-state index contributed by atoms with van der Waals surface area (Å²) in [5, 5.41) is 0. The van der Waals surface area contributed by atoms with Gasteiger partial charge >= 0.3 is 12.1 Å². The lowest BCUT2D eigenvalue weighted by Gasteiger charge is -2.14. The van der Waals surface area contributed by atoms with E-state index in [1.165, 1.54) is 6.07 Å². The highest BCUT2D eigenvalue weighted by molar-refractivity contribution is 6.00. The first-order valence-electron chi connectivity index (χ1n) is 9.32. The van der Waals surface area contributed by atoms with Crippen LogP contribution in [0.5, 0.6) is 0 Å². The number of ketones is 1. The number of benzene rings is 1. The molecule has 1 fully saturated rings. The van der Waals surface area contributed by atoms with E-state index in [-0.39, 0.29) is 11.7 Å². The number of carbonyl (C=O) groups excluding carboxylic acids is 2. The van der Waals surface area contributed by atoms with Gasteiger partial charge in [0.05, 0.1) is 17.2 Å². The number of hydrogen-bond acceptors (Lipinski definition) is 4. The zero-order chi connectivity index (χ0) is 21.2. The lowest BCUT2D eigenvalue weighted by molar-refractivity contribution is -0.137. The second-order valence-corrected chi connectivity index (χ2v) is 7.11. The number of hydrogen-bond donors (Lipinski definition) is 0. The molecule has 0 unspecified atom stereocenters. The molecule has 1 aromatic heterocycles.